The second-order valence-electron chi connectivity index (χ2n) is 2.15. The van der Waals surface area contributed by atoms with Crippen LogP contribution in [0, 0.1) is 0 Å². The molecule has 0 aliphatic rings. The molecule has 0 aromatic carbocycles. The summed E-state index contributed by atoms with van der Waals surface area (Å²) in [6.07, 6.45) is 2.07. The lowest BCUT2D eigenvalue weighted by Gasteiger charge is -1.95. The highest BCUT2D eigenvalue weighted by molar-refractivity contribution is 5.95. The number of rotatable bonds is 2. The van der Waals surface area contributed by atoms with E-state index in [2.05, 4.69) is 0 Å². The van der Waals surface area contributed by atoms with Gasteiger partial charge in [0, 0.05) is 18.8 Å². The number of carbonyl (C=O) groups is 2. The average Bonchev–Trinajstić information content (AvgIpc) is 2.30. The lowest BCUT2D eigenvalue weighted by molar-refractivity contribution is 0.0683. The monoisotopic (exact) mass is 153 g/mol. The molecule has 0 radical (unpaired) electrons. The van der Waals surface area contributed by atoms with Gasteiger partial charge in [0.15, 0.2) is 6.29 Å². The third kappa shape index (κ3) is 1.14. The summed E-state index contributed by atoms with van der Waals surface area (Å²) in [7, 11) is 1.58. The first-order chi connectivity index (χ1) is 5.16. The van der Waals surface area contributed by atoms with Crippen molar-refractivity contribution in [1.29, 1.82) is 0 Å². The molecule has 0 spiro atoms. The Bertz CT molecular complexity index is 301. The normalized spacial score (nSPS) is 9.55. The molecule has 58 valence electrons. The number of carboxylic acids is 1. The number of carboxylic acid groups (broad SMARTS) is 1. The van der Waals surface area contributed by atoms with Crippen LogP contribution in [0.1, 0.15) is 20.8 Å². The van der Waals surface area contributed by atoms with E-state index in [-0.39, 0.29) is 11.3 Å². The zero-order valence-corrected chi connectivity index (χ0v) is 5.94. The molecule has 4 heteroatoms. The molecule has 0 aliphatic heterocycles. The molecule has 0 unspecified atom stereocenters. The summed E-state index contributed by atoms with van der Waals surface area (Å²) in [5, 5.41) is 8.59. The quantitative estimate of drug-likeness (QED) is 0.630. The summed E-state index contributed by atoms with van der Waals surface area (Å²) in [5.41, 5.74) is 0.236. The molecular formula is C7H7NO3. The van der Waals surface area contributed by atoms with E-state index in [1.54, 1.807) is 7.05 Å². The molecule has 0 bridgehead atoms. The number of aromatic nitrogens is 1. The molecule has 4 nitrogen and oxygen atoms in total. The van der Waals surface area contributed by atoms with Crippen LogP contribution in [0.5, 0.6) is 0 Å². The van der Waals surface area contributed by atoms with Crippen LogP contribution in [0.2, 0.25) is 0 Å². The summed E-state index contributed by atoms with van der Waals surface area (Å²) >= 11 is 0. The number of hydrogen-bond donors (Lipinski definition) is 1. The van der Waals surface area contributed by atoms with Gasteiger partial charge in [0.2, 0.25) is 0 Å². The molecule has 0 atom stereocenters. The molecule has 11 heavy (non-hydrogen) atoms. The van der Waals surface area contributed by atoms with Gasteiger partial charge in [-0.1, -0.05) is 0 Å². The molecule has 1 aromatic rings. The number of aldehydes is 1. The average molecular weight is 153 g/mol. The van der Waals surface area contributed by atoms with Crippen LogP contribution in [0.3, 0.4) is 0 Å². The van der Waals surface area contributed by atoms with Crippen LogP contribution < -0.4 is 0 Å². The molecule has 1 rings (SSSR count). The van der Waals surface area contributed by atoms with E-state index in [4.69, 9.17) is 5.11 Å². The van der Waals surface area contributed by atoms with Crippen molar-refractivity contribution in [2.24, 2.45) is 7.05 Å². The smallest absolute Gasteiger partial charge is 0.353 e. The first-order valence-electron chi connectivity index (χ1n) is 3.00. The van der Waals surface area contributed by atoms with Crippen LogP contribution in [0.25, 0.3) is 0 Å². The van der Waals surface area contributed by atoms with E-state index in [1.165, 1.54) is 16.8 Å². The molecular weight excluding hydrogens is 146 g/mol. The molecule has 1 aromatic heterocycles. The fourth-order valence-corrected chi connectivity index (χ4v) is 0.919. The zero-order chi connectivity index (χ0) is 8.43. The van der Waals surface area contributed by atoms with Crippen molar-refractivity contribution in [3.8, 4) is 0 Å². The van der Waals surface area contributed by atoms with Gasteiger partial charge < -0.3 is 9.67 Å². The van der Waals surface area contributed by atoms with Gasteiger partial charge in [-0.2, -0.15) is 0 Å². The minimum Gasteiger partial charge on any atom is -0.477 e. The van der Waals surface area contributed by atoms with E-state index >= 15 is 0 Å². The fourth-order valence-electron chi connectivity index (χ4n) is 0.919. The second kappa shape index (κ2) is 2.57. The van der Waals surface area contributed by atoms with Crippen molar-refractivity contribution in [2.75, 3.05) is 0 Å². The van der Waals surface area contributed by atoms with Crippen molar-refractivity contribution in [2.45, 2.75) is 0 Å². The Hall–Kier alpha value is -1.58. The number of aryl methyl sites for hydroxylation is 1. The maximum atomic E-state index is 10.5. The summed E-state index contributed by atoms with van der Waals surface area (Å²) in [5.74, 6) is -1.08. The minimum absolute atomic E-state index is 0.0278. The highest BCUT2D eigenvalue weighted by Crippen LogP contribution is 2.06. The predicted octanol–water partition coefficient (Wildman–Crippen LogP) is 0.536. The third-order valence-corrected chi connectivity index (χ3v) is 1.43. The van der Waals surface area contributed by atoms with E-state index in [0.717, 1.165) is 0 Å². The SMILES string of the molecule is Cn1ccc(C=O)c1C(=O)O. The van der Waals surface area contributed by atoms with Crippen molar-refractivity contribution in [3.63, 3.8) is 0 Å². The summed E-state index contributed by atoms with van der Waals surface area (Å²) in [6, 6.07) is 1.47. The summed E-state index contributed by atoms with van der Waals surface area (Å²) in [6.45, 7) is 0. The third-order valence-electron chi connectivity index (χ3n) is 1.43. The van der Waals surface area contributed by atoms with Gasteiger partial charge in [-0.25, -0.2) is 4.79 Å². The van der Waals surface area contributed by atoms with E-state index < -0.39 is 5.97 Å². The maximum absolute atomic E-state index is 10.5. The Balaban J connectivity index is 3.28. The van der Waals surface area contributed by atoms with Gasteiger partial charge in [0.1, 0.15) is 5.69 Å². The van der Waals surface area contributed by atoms with Crippen LogP contribution in [-0.4, -0.2) is 21.9 Å². The van der Waals surface area contributed by atoms with E-state index in [0.29, 0.717) is 6.29 Å². The van der Waals surface area contributed by atoms with Gasteiger partial charge >= 0.3 is 5.97 Å². The Morgan fingerprint density at radius 3 is 2.73 bits per heavy atom. The molecule has 1 heterocycles. The van der Waals surface area contributed by atoms with Crippen molar-refractivity contribution >= 4 is 12.3 Å². The lowest BCUT2D eigenvalue weighted by Crippen LogP contribution is -2.06. The molecule has 0 amide bonds. The maximum Gasteiger partial charge on any atom is 0.353 e. The zero-order valence-electron chi connectivity index (χ0n) is 5.94. The van der Waals surface area contributed by atoms with Crippen molar-refractivity contribution in [1.82, 2.24) is 4.57 Å². The van der Waals surface area contributed by atoms with E-state index in [9.17, 15) is 9.59 Å². The Morgan fingerprint density at radius 1 is 1.73 bits per heavy atom. The highest BCUT2D eigenvalue weighted by atomic mass is 16.4. The number of aromatic carboxylic acids is 1. The topological polar surface area (TPSA) is 59.3 Å². The molecule has 0 saturated carbocycles. The second-order valence-corrected chi connectivity index (χ2v) is 2.15. The first-order valence-corrected chi connectivity index (χ1v) is 3.00. The first kappa shape index (κ1) is 7.53. The van der Waals surface area contributed by atoms with Gasteiger partial charge in [-0.05, 0) is 6.07 Å². The minimum atomic E-state index is -1.08. The van der Waals surface area contributed by atoms with Gasteiger partial charge in [-0.15, -0.1) is 0 Å². The van der Waals surface area contributed by atoms with Crippen LogP contribution in [0.4, 0.5) is 0 Å². The van der Waals surface area contributed by atoms with Crippen LogP contribution in [0.15, 0.2) is 12.3 Å². The number of hydrogen-bond acceptors (Lipinski definition) is 2. The number of nitrogens with zero attached hydrogens (tertiary/aromatic N) is 1. The molecule has 0 fully saturated rings. The highest BCUT2D eigenvalue weighted by Gasteiger charge is 2.12. The van der Waals surface area contributed by atoms with Gasteiger partial charge in [-0.3, -0.25) is 4.79 Å². The molecule has 0 saturated heterocycles. The molecule has 1 N–H and O–H groups in total. The lowest BCUT2D eigenvalue weighted by atomic mass is 10.3. The Labute approximate surface area is 63.1 Å². The van der Waals surface area contributed by atoms with E-state index in [1.807, 2.05) is 0 Å². The van der Waals surface area contributed by atoms with Crippen LogP contribution >= 0.6 is 0 Å². The number of carbonyl (C=O) groups excluding carboxylic acids is 1. The summed E-state index contributed by atoms with van der Waals surface area (Å²) < 4.78 is 1.39. The predicted molar refractivity (Wildman–Crippen MR) is 37.8 cm³/mol. The Kier molecular flexibility index (Phi) is 1.76. The van der Waals surface area contributed by atoms with Crippen molar-refractivity contribution < 1.29 is 14.7 Å². The van der Waals surface area contributed by atoms with Crippen molar-refractivity contribution in [3.05, 3.63) is 23.5 Å². The van der Waals surface area contributed by atoms with Gasteiger partial charge in [0.25, 0.3) is 0 Å². The summed E-state index contributed by atoms with van der Waals surface area (Å²) in [4.78, 5) is 20.8. The van der Waals surface area contributed by atoms with Gasteiger partial charge in [0.05, 0.1) is 0 Å². The molecule has 0 aliphatic carbocycles. The fraction of sp³-hybridized carbons (Fsp3) is 0.143. The largest absolute Gasteiger partial charge is 0.477 e. The standard InChI is InChI=1S/C7H7NO3/c1-8-3-2-5(4-9)6(8)7(10)11/h2-4H,1H3,(H,10,11). The van der Waals surface area contributed by atoms with Crippen LogP contribution in [-0.2, 0) is 7.05 Å². The Morgan fingerprint density at radius 2 is 2.36 bits per heavy atom.